The van der Waals surface area contributed by atoms with Gasteiger partial charge in [-0.25, -0.2) is 17.9 Å². The van der Waals surface area contributed by atoms with Gasteiger partial charge in [-0.3, -0.25) is 14.7 Å². The van der Waals surface area contributed by atoms with Crippen LogP contribution in [0.5, 0.6) is 0 Å². The van der Waals surface area contributed by atoms with Crippen LogP contribution >= 0.6 is 23.7 Å². The molecule has 0 aliphatic heterocycles. The number of nitro groups is 1. The molecule has 0 bridgehead atoms. The molecular formula is C11H17ClN2O9S3. The lowest BCUT2D eigenvalue weighted by Crippen LogP contribution is -2.26. The lowest BCUT2D eigenvalue weighted by molar-refractivity contribution is -0.383. The first kappa shape index (κ1) is 24.7. The van der Waals surface area contributed by atoms with Crippen LogP contribution in [0.4, 0.5) is 5.00 Å². The normalized spacial score (nSPS) is 12.3. The first-order chi connectivity index (χ1) is 11.0. The van der Waals surface area contributed by atoms with Gasteiger partial charge in [-0.2, -0.15) is 8.42 Å². The summed E-state index contributed by atoms with van der Waals surface area (Å²) in [4.78, 5) is 20.6. The number of rotatable bonds is 6. The molecule has 1 rings (SSSR count). The van der Waals surface area contributed by atoms with Crippen LogP contribution in [0, 0.1) is 10.1 Å². The zero-order chi connectivity index (χ0) is 19.8. The summed E-state index contributed by atoms with van der Waals surface area (Å²) in [5.74, 6) is -1.08. The number of nitrogens with one attached hydrogen (secondary N) is 1. The summed E-state index contributed by atoms with van der Waals surface area (Å²) in [7, 11) is -8.92. The molecule has 0 saturated carbocycles. The van der Waals surface area contributed by atoms with Crippen molar-refractivity contribution in [2.45, 2.75) is 37.8 Å². The Bertz CT molecular complexity index is 913. The van der Waals surface area contributed by atoms with Crippen molar-refractivity contribution in [3.63, 3.8) is 0 Å². The number of sulfonamides is 1. The molecule has 150 valence electrons. The second-order valence-corrected chi connectivity index (χ2v) is 10.1. The van der Waals surface area contributed by atoms with Gasteiger partial charge in [-0.05, 0) is 20.8 Å². The van der Waals surface area contributed by atoms with Gasteiger partial charge in [-0.15, -0.1) is 12.4 Å². The fourth-order valence-corrected chi connectivity index (χ4v) is 4.28. The van der Waals surface area contributed by atoms with Crippen molar-refractivity contribution < 1.29 is 35.8 Å². The second-order valence-electron chi connectivity index (χ2n) is 5.87. The number of carbonyl (C=O) groups is 1. The van der Waals surface area contributed by atoms with Gasteiger partial charge in [0.25, 0.3) is 0 Å². The highest BCUT2D eigenvalue weighted by molar-refractivity contribution is 7.88. The first-order valence-electron chi connectivity index (χ1n) is 6.48. The average Bonchev–Trinajstić information content (AvgIpc) is 2.72. The molecule has 0 aliphatic rings. The van der Waals surface area contributed by atoms with Crippen LogP contribution in [0.1, 0.15) is 36.0 Å². The topological polar surface area (TPSA) is 170 Å². The van der Waals surface area contributed by atoms with Gasteiger partial charge in [0.2, 0.25) is 10.0 Å². The maximum atomic E-state index is 12.2. The molecule has 1 heterocycles. The number of halogens is 1. The van der Waals surface area contributed by atoms with E-state index in [0.29, 0.717) is 0 Å². The highest BCUT2D eigenvalue weighted by Gasteiger charge is 2.37. The van der Waals surface area contributed by atoms with E-state index in [2.05, 4.69) is 0 Å². The van der Waals surface area contributed by atoms with E-state index in [1.807, 2.05) is 4.72 Å². The van der Waals surface area contributed by atoms with E-state index < -0.39 is 63.5 Å². The van der Waals surface area contributed by atoms with Gasteiger partial charge in [0.1, 0.15) is 10.5 Å². The molecule has 0 aliphatic carbocycles. The highest BCUT2D eigenvalue weighted by atomic mass is 35.5. The molecule has 15 heteroatoms. The molecule has 11 nitrogen and oxygen atoms in total. The van der Waals surface area contributed by atoms with Crippen molar-refractivity contribution in [1.82, 2.24) is 4.72 Å². The molecule has 0 saturated heterocycles. The Morgan fingerprint density at radius 3 is 2.15 bits per heavy atom. The molecule has 26 heavy (non-hydrogen) atoms. The van der Waals surface area contributed by atoms with E-state index in [0.717, 1.165) is 6.26 Å². The van der Waals surface area contributed by atoms with E-state index in [-0.39, 0.29) is 23.7 Å². The van der Waals surface area contributed by atoms with Gasteiger partial charge in [0.05, 0.1) is 11.2 Å². The lowest BCUT2D eigenvalue weighted by atomic mass is 10.2. The third-order valence-corrected chi connectivity index (χ3v) is 5.38. The third-order valence-electron chi connectivity index (χ3n) is 2.46. The van der Waals surface area contributed by atoms with Gasteiger partial charge < -0.3 is 4.74 Å². The number of nitrogens with zero attached hydrogens (tertiary/aromatic N) is 1. The number of esters is 1. The van der Waals surface area contributed by atoms with Crippen molar-refractivity contribution >= 4 is 54.9 Å². The van der Waals surface area contributed by atoms with Crippen LogP contribution in [0.15, 0.2) is 4.90 Å². The van der Waals surface area contributed by atoms with E-state index in [4.69, 9.17) is 4.74 Å². The van der Waals surface area contributed by atoms with Crippen molar-refractivity contribution in [2.24, 2.45) is 0 Å². The van der Waals surface area contributed by atoms with Gasteiger partial charge >= 0.3 is 21.1 Å². The van der Waals surface area contributed by atoms with E-state index in [1.165, 1.54) is 20.8 Å². The summed E-state index contributed by atoms with van der Waals surface area (Å²) in [6.07, 6.45) is 0.772. The molecule has 2 N–H and O–H groups in total. The zero-order valence-corrected chi connectivity index (χ0v) is 17.3. The number of carbonyl (C=O) groups excluding carboxylic acids is 1. The molecule has 0 spiro atoms. The Balaban J connectivity index is 0.00000625. The predicted molar refractivity (Wildman–Crippen MR) is 94.9 cm³/mol. The summed E-state index contributed by atoms with van der Waals surface area (Å²) < 4.78 is 61.9. The van der Waals surface area contributed by atoms with Crippen molar-refractivity contribution in [2.75, 3.05) is 6.26 Å². The number of hydrogen-bond donors (Lipinski definition) is 2. The van der Waals surface area contributed by atoms with Crippen LogP contribution < -0.4 is 4.72 Å². The maximum absolute atomic E-state index is 12.2. The molecule has 1 aromatic heterocycles. The molecule has 0 atom stereocenters. The van der Waals surface area contributed by atoms with Crippen LogP contribution in [0.3, 0.4) is 0 Å². The minimum Gasteiger partial charge on any atom is -0.456 e. The van der Waals surface area contributed by atoms with Crippen LogP contribution in [0.2, 0.25) is 0 Å². The third kappa shape index (κ3) is 6.77. The molecular weight excluding hydrogens is 436 g/mol. The van der Waals surface area contributed by atoms with E-state index in [1.54, 1.807) is 0 Å². The van der Waals surface area contributed by atoms with Gasteiger partial charge in [0.15, 0.2) is 4.90 Å². The maximum Gasteiger partial charge on any atom is 0.349 e. The largest absolute Gasteiger partial charge is 0.456 e. The molecule has 0 aromatic carbocycles. The lowest BCUT2D eigenvalue weighted by Gasteiger charge is -2.19. The molecule has 0 radical (unpaired) electrons. The summed E-state index contributed by atoms with van der Waals surface area (Å²) >= 11 is 0.173. The minimum absolute atomic E-state index is 0. The molecule has 0 amide bonds. The SMILES string of the molecule is CC(C)(C)OC(=O)c1sc([N+](=O)[O-])c(S(=O)(=O)O)c1CNS(C)(=O)=O.Cl. The summed E-state index contributed by atoms with van der Waals surface area (Å²) in [6, 6.07) is 0. The van der Waals surface area contributed by atoms with Crippen LogP contribution in [0.25, 0.3) is 0 Å². The number of ether oxygens (including phenoxy) is 1. The second kappa shape index (κ2) is 8.14. The van der Waals surface area contributed by atoms with Crippen LogP contribution in [-0.2, 0) is 31.4 Å². The van der Waals surface area contributed by atoms with Crippen molar-refractivity contribution in [1.29, 1.82) is 0 Å². The predicted octanol–water partition coefficient (Wildman–Crippen LogP) is 1.33. The fourth-order valence-electron chi connectivity index (χ4n) is 1.68. The Kier molecular flexibility index (Phi) is 7.73. The Morgan fingerprint density at radius 2 is 1.81 bits per heavy atom. The van der Waals surface area contributed by atoms with E-state index in [9.17, 15) is 36.3 Å². The fraction of sp³-hybridized carbons (Fsp3) is 0.545. The van der Waals surface area contributed by atoms with Crippen molar-refractivity contribution in [3.05, 3.63) is 20.6 Å². The quantitative estimate of drug-likeness (QED) is 0.279. The Morgan fingerprint density at radius 1 is 1.31 bits per heavy atom. The standard InChI is InChI=1S/C11H16N2O9S3.ClH/c1-11(2,3)22-10(14)7-6(5-12-24(4,17)18)8(25(19,20)21)9(23-7)13(15)16;/h12H,5H2,1-4H3,(H,19,20,21);1H. The monoisotopic (exact) mass is 452 g/mol. The van der Waals surface area contributed by atoms with Crippen molar-refractivity contribution in [3.8, 4) is 0 Å². The minimum atomic E-state index is -5.11. The zero-order valence-electron chi connectivity index (χ0n) is 14.0. The summed E-state index contributed by atoms with van der Waals surface area (Å²) in [5, 5.41) is 10.1. The molecule has 0 fully saturated rings. The van der Waals surface area contributed by atoms with E-state index >= 15 is 0 Å². The smallest absolute Gasteiger partial charge is 0.349 e. The highest BCUT2D eigenvalue weighted by Crippen LogP contribution is 2.39. The number of thiophene rings is 1. The average molecular weight is 453 g/mol. The first-order valence-corrected chi connectivity index (χ1v) is 10.6. The van der Waals surface area contributed by atoms with Gasteiger partial charge in [0, 0.05) is 12.1 Å². The molecule has 1 aromatic rings. The Labute approximate surface area is 160 Å². The van der Waals surface area contributed by atoms with Gasteiger partial charge in [-0.1, -0.05) is 11.3 Å². The Hall–Kier alpha value is -1.32. The number of hydrogen-bond acceptors (Lipinski definition) is 9. The molecule has 0 unspecified atom stereocenters. The summed E-state index contributed by atoms with van der Waals surface area (Å²) in [6.45, 7) is 3.80. The summed E-state index contributed by atoms with van der Waals surface area (Å²) in [5.41, 5.74) is -1.55. The van der Waals surface area contributed by atoms with Crippen LogP contribution in [-0.4, -0.2) is 44.1 Å².